The summed E-state index contributed by atoms with van der Waals surface area (Å²) in [6.45, 7) is 6.51. The van der Waals surface area contributed by atoms with Gasteiger partial charge in [-0.25, -0.2) is 4.79 Å². The van der Waals surface area contributed by atoms with E-state index in [1.807, 2.05) is 0 Å². The van der Waals surface area contributed by atoms with Crippen LogP contribution in [0.25, 0.3) is 0 Å². The Hall–Kier alpha value is -1.65. The Balaban J connectivity index is 3.61. The molecule has 0 fully saturated rings. The molecular formula is C11H16O5. The van der Waals surface area contributed by atoms with Crippen LogP contribution in [0, 0.1) is 0 Å². The Labute approximate surface area is 94.4 Å². The van der Waals surface area contributed by atoms with Crippen molar-refractivity contribution in [3.8, 4) is 0 Å². The highest BCUT2D eigenvalue weighted by Gasteiger charge is 2.08. The summed E-state index contributed by atoms with van der Waals surface area (Å²) in [6, 6.07) is 0. The molecule has 5 nitrogen and oxygen atoms in total. The molecule has 0 bridgehead atoms. The minimum Gasteiger partial charge on any atom is -0.462 e. The van der Waals surface area contributed by atoms with Crippen molar-refractivity contribution < 1.29 is 23.9 Å². The Bertz CT molecular complexity index is 293. The van der Waals surface area contributed by atoms with E-state index in [1.165, 1.54) is 6.92 Å². The average molecular weight is 228 g/mol. The quantitative estimate of drug-likeness (QED) is 0.281. The van der Waals surface area contributed by atoms with Crippen LogP contribution >= 0.6 is 0 Å². The third kappa shape index (κ3) is 6.75. The lowest BCUT2D eigenvalue weighted by Crippen LogP contribution is -2.15. The van der Waals surface area contributed by atoms with Crippen molar-refractivity contribution in [3.63, 3.8) is 0 Å². The predicted octanol–water partition coefficient (Wildman–Crippen LogP) is 1.02. The minimum atomic E-state index is -0.613. The molecule has 0 amide bonds. The summed E-state index contributed by atoms with van der Waals surface area (Å²) in [5.41, 5.74) is 0.370. The number of carbonyl (C=O) groups excluding carboxylic acids is 3. The molecule has 5 heteroatoms. The first-order valence-corrected chi connectivity index (χ1v) is 4.97. The summed E-state index contributed by atoms with van der Waals surface area (Å²) in [4.78, 5) is 32.5. The molecule has 0 aromatic carbocycles. The molecule has 0 aliphatic heterocycles. The Morgan fingerprint density at radius 3 is 2.19 bits per heavy atom. The highest BCUT2D eigenvalue weighted by molar-refractivity contribution is 5.94. The highest BCUT2D eigenvalue weighted by Crippen LogP contribution is 1.99. The number of esters is 2. The SMILES string of the molecule is C=C(CC)C(=O)OCCOC(=O)CC(C)=O. The van der Waals surface area contributed by atoms with Crippen molar-refractivity contribution in [1.82, 2.24) is 0 Å². The number of ketones is 1. The van der Waals surface area contributed by atoms with Crippen LogP contribution in [-0.4, -0.2) is 30.9 Å². The van der Waals surface area contributed by atoms with Crippen molar-refractivity contribution >= 4 is 17.7 Å². The molecule has 0 aromatic heterocycles. The van der Waals surface area contributed by atoms with E-state index >= 15 is 0 Å². The van der Waals surface area contributed by atoms with E-state index in [0.717, 1.165) is 0 Å². The zero-order chi connectivity index (χ0) is 12.6. The summed E-state index contributed by atoms with van der Waals surface area (Å²) < 4.78 is 9.40. The maximum atomic E-state index is 11.1. The van der Waals surface area contributed by atoms with E-state index in [4.69, 9.17) is 4.74 Å². The fourth-order valence-electron chi connectivity index (χ4n) is 0.791. The third-order valence-electron chi connectivity index (χ3n) is 1.69. The van der Waals surface area contributed by atoms with Gasteiger partial charge in [0.15, 0.2) is 0 Å². The van der Waals surface area contributed by atoms with Gasteiger partial charge in [-0.15, -0.1) is 0 Å². The lowest BCUT2D eigenvalue weighted by molar-refractivity contribution is -0.151. The van der Waals surface area contributed by atoms with Gasteiger partial charge in [-0.05, 0) is 13.3 Å². The van der Waals surface area contributed by atoms with Crippen LogP contribution in [0.3, 0.4) is 0 Å². The van der Waals surface area contributed by atoms with Crippen molar-refractivity contribution in [2.45, 2.75) is 26.7 Å². The van der Waals surface area contributed by atoms with Gasteiger partial charge >= 0.3 is 11.9 Å². The second kappa shape index (κ2) is 7.62. The van der Waals surface area contributed by atoms with Gasteiger partial charge in [0, 0.05) is 5.57 Å². The first kappa shape index (κ1) is 14.3. The van der Waals surface area contributed by atoms with Gasteiger partial charge in [0.2, 0.25) is 0 Å². The molecule has 0 saturated carbocycles. The van der Waals surface area contributed by atoms with E-state index in [2.05, 4.69) is 11.3 Å². The van der Waals surface area contributed by atoms with Crippen molar-refractivity contribution in [2.24, 2.45) is 0 Å². The zero-order valence-electron chi connectivity index (χ0n) is 9.58. The van der Waals surface area contributed by atoms with Crippen LogP contribution in [0.2, 0.25) is 0 Å². The molecule has 0 unspecified atom stereocenters. The van der Waals surface area contributed by atoms with Crippen LogP contribution in [0.15, 0.2) is 12.2 Å². The van der Waals surface area contributed by atoms with E-state index in [-0.39, 0.29) is 25.4 Å². The fraction of sp³-hybridized carbons (Fsp3) is 0.545. The lowest BCUT2D eigenvalue weighted by Gasteiger charge is -2.06. The molecule has 0 heterocycles. The van der Waals surface area contributed by atoms with Gasteiger partial charge in [-0.2, -0.15) is 0 Å². The minimum absolute atomic E-state index is 0.0263. The van der Waals surface area contributed by atoms with Crippen LogP contribution in [0.4, 0.5) is 0 Å². The number of hydrogen-bond donors (Lipinski definition) is 0. The van der Waals surface area contributed by atoms with Gasteiger partial charge in [0.25, 0.3) is 0 Å². The highest BCUT2D eigenvalue weighted by atomic mass is 16.6. The van der Waals surface area contributed by atoms with Crippen molar-refractivity contribution in [3.05, 3.63) is 12.2 Å². The first-order valence-electron chi connectivity index (χ1n) is 4.97. The Morgan fingerprint density at radius 2 is 1.69 bits per heavy atom. The van der Waals surface area contributed by atoms with Crippen LogP contribution in [0.1, 0.15) is 26.7 Å². The maximum absolute atomic E-state index is 11.1. The van der Waals surface area contributed by atoms with Crippen LogP contribution < -0.4 is 0 Å². The molecule has 90 valence electrons. The summed E-state index contributed by atoms with van der Waals surface area (Å²) in [5.74, 6) is -1.37. The standard InChI is InChI=1S/C11H16O5/c1-4-8(2)11(14)16-6-5-15-10(13)7-9(3)12/h2,4-7H2,1,3H3. The second-order valence-corrected chi connectivity index (χ2v) is 3.19. The molecule has 0 atom stereocenters. The molecule has 0 saturated heterocycles. The van der Waals surface area contributed by atoms with Gasteiger partial charge in [0.1, 0.15) is 25.4 Å². The van der Waals surface area contributed by atoms with E-state index in [1.54, 1.807) is 6.92 Å². The molecule has 0 N–H and O–H groups in total. The lowest BCUT2D eigenvalue weighted by atomic mass is 10.2. The molecule has 0 rings (SSSR count). The van der Waals surface area contributed by atoms with E-state index in [9.17, 15) is 14.4 Å². The number of ether oxygens (including phenoxy) is 2. The fourth-order valence-corrected chi connectivity index (χ4v) is 0.791. The summed E-state index contributed by atoms with van der Waals surface area (Å²) >= 11 is 0. The largest absolute Gasteiger partial charge is 0.462 e. The smallest absolute Gasteiger partial charge is 0.333 e. The number of carbonyl (C=O) groups is 3. The van der Waals surface area contributed by atoms with Crippen LogP contribution in [-0.2, 0) is 23.9 Å². The van der Waals surface area contributed by atoms with Gasteiger partial charge in [-0.1, -0.05) is 13.5 Å². The van der Waals surface area contributed by atoms with Crippen LogP contribution in [0.5, 0.6) is 0 Å². The summed E-state index contributed by atoms with van der Waals surface area (Å²) in [6.07, 6.45) is 0.262. The molecule has 0 aromatic rings. The van der Waals surface area contributed by atoms with Crippen molar-refractivity contribution in [2.75, 3.05) is 13.2 Å². The molecule has 0 aliphatic rings. The number of Topliss-reactive ketones (excluding diaryl/α,β-unsaturated/α-hetero) is 1. The topological polar surface area (TPSA) is 69.7 Å². The van der Waals surface area contributed by atoms with Gasteiger partial charge < -0.3 is 9.47 Å². The van der Waals surface area contributed by atoms with E-state index < -0.39 is 11.9 Å². The molecule has 0 radical (unpaired) electrons. The summed E-state index contributed by atoms with van der Waals surface area (Å²) in [5, 5.41) is 0. The average Bonchev–Trinajstić information content (AvgIpc) is 2.21. The molecule has 16 heavy (non-hydrogen) atoms. The number of hydrogen-bond acceptors (Lipinski definition) is 5. The normalized spacial score (nSPS) is 9.38. The van der Waals surface area contributed by atoms with Gasteiger partial charge in [-0.3, -0.25) is 9.59 Å². The molecule has 0 aliphatic carbocycles. The monoisotopic (exact) mass is 228 g/mol. The zero-order valence-corrected chi connectivity index (χ0v) is 9.58. The second-order valence-electron chi connectivity index (χ2n) is 3.19. The van der Waals surface area contributed by atoms with Crippen molar-refractivity contribution in [1.29, 1.82) is 0 Å². The molecular weight excluding hydrogens is 212 g/mol. The number of rotatable bonds is 7. The molecule has 0 spiro atoms. The van der Waals surface area contributed by atoms with E-state index in [0.29, 0.717) is 12.0 Å². The Kier molecular flexibility index (Phi) is 6.83. The van der Waals surface area contributed by atoms with Gasteiger partial charge in [0.05, 0.1) is 0 Å². The predicted molar refractivity (Wildman–Crippen MR) is 56.6 cm³/mol. The third-order valence-corrected chi connectivity index (χ3v) is 1.69. The maximum Gasteiger partial charge on any atom is 0.333 e. The summed E-state index contributed by atoms with van der Waals surface area (Å²) in [7, 11) is 0. The first-order chi connectivity index (χ1) is 7.47. The Morgan fingerprint density at radius 1 is 1.12 bits per heavy atom.